The molecule has 0 spiro atoms. The first-order valence-corrected chi connectivity index (χ1v) is 13.2. The standard InChI is InChI=1S/C28H44O4/c1-2-3-4-5-6-7-9-14-24-15-12-21-32-27(29)28(24,23-26-18-13-20-30-26)19-22-31-25-16-10-8-11-17-25/h8,10-11,16-17,24,26H,2-7,9,12-15,18-23H2,1H3. The van der Waals surface area contributed by atoms with Gasteiger partial charge in [0.2, 0.25) is 0 Å². The van der Waals surface area contributed by atoms with Gasteiger partial charge in [0.15, 0.2) is 0 Å². The highest BCUT2D eigenvalue weighted by molar-refractivity contribution is 5.77. The number of benzene rings is 1. The number of unbranched alkanes of at least 4 members (excludes halogenated alkanes) is 6. The van der Waals surface area contributed by atoms with E-state index >= 15 is 0 Å². The van der Waals surface area contributed by atoms with Crippen molar-refractivity contribution >= 4 is 5.97 Å². The van der Waals surface area contributed by atoms with Gasteiger partial charge in [0.25, 0.3) is 0 Å². The summed E-state index contributed by atoms with van der Waals surface area (Å²) in [5.74, 6) is 1.22. The predicted molar refractivity (Wildman–Crippen MR) is 129 cm³/mol. The fraction of sp³-hybridized carbons (Fsp3) is 0.750. The van der Waals surface area contributed by atoms with Crippen molar-refractivity contribution in [1.82, 2.24) is 0 Å². The molecule has 3 rings (SSSR count). The van der Waals surface area contributed by atoms with Crippen LogP contribution in [-0.4, -0.2) is 31.9 Å². The zero-order valence-corrected chi connectivity index (χ0v) is 20.2. The molecule has 3 atom stereocenters. The summed E-state index contributed by atoms with van der Waals surface area (Å²) < 4.78 is 17.9. The number of cyclic esters (lactones) is 1. The van der Waals surface area contributed by atoms with Gasteiger partial charge in [-0.25, -0.2) is 0 Å². The summed E-state index contributed by atoms with van der Waals surface area (Å²) in [4.78, 5) is 13.5. The number of ether oxygens (including phenoxy) is 3. The maximum Gasteiger partial charge on any atom is 0.312 e. The van der Waals surface area contributed by atoms with Crippen LogP contribution in [-0.2, 0) is 14.3 Å². The Morgan fingerprint density at radius 3 is 2.47 bits per heavy atom. The maximum absolute atomic E-state index is 13.5. The van der Waals surface area contributed by atoms with Gasteiger partial charge in [0.1, 0.15) is 5.75 Å². The van der Waals surface area contributed by atoms with Crippen molar-refractivity contribution in [3.05, 3.63) is 30.3 Å². The lowest BCUT2D eigenvalue weighted by Crippen LogP contribution is -2.43. The summed E-state index contributed by atoms with van der Waals surface area (Å²) in [7, 11) is 0. The lowest BCUT2D eigenvalue weighted by atomic mass is 9.66. The number of carbonyl (C=O) groups is 1. The van der Waals surface area contributed by atoms with E-state index in [1.807, 2.05) is 30.3 Å². The van der Waals surface area contributed by atoms with Crippen LogP contribution in [0.15, 0.2) is 30.3 Å². The highest BCUT2D eigenvalue weighted by atomic mass is 16.5. The molecular formula is C28H44O4. The predicted octanol–water partition coefficient (Wildman–Crippen LogP) is 7.10. The van der Waals surface area contributed by atoms with E-state index in [-0.39, 0.29) is 12.1 Å². The van der Waals surface area contributed by atoms with Crippen molar-refractivity contribution in [2.45, 2.75) is 103 Å². The van der Waals surface area contributed by atoms with E-state index in [4.69, 9.17) is 14.2 Å². The number of esters is 1. The summed E-state index contributed by atoms with van der Waals surface area (Å²) in [6.45, 7) is 4.18. The summed E-state index contributed by atoms with van der Waals surface area (Å²) in [5, 5.41) is 0. The Balaban J connectivity index is 1.65. The van der Waals surface area contributed by atoms with Gasteiger partial charge in [-0.3, -0.25) is 4.79 Å². The number of hydrogen-bond acceptors (Lipinski definition) is 4. The van der Waals surface area contributed by atoms with E-state index < -0.39 is 5.41 Å². The van der Waals surface area contributed by atoms with Crippen molar-refractivity contribution in [2.75, 3.05) is 19.8 Å². The van der Waals surface area contributed by atoms with Gasteiger partial charge in [0.05, 0.1) is 24.7 Å². The quantitative estimate of drug-likeness (QED) is 0.227. The van der Waals surface area contributed by atoms with Gasteiger partial charge >= 0.3 is 5.97 Å². The Bertz CT molecular complexity index is 640. The molecule has 180 valence electrons. The van der Waals surface area contributed by atoms with Crippen LogP contribution in [0.1, 0.15) is 96.8 Å². The van der Waals surface area contributed by atoms with Gasteiger partial charge in [-0.1, -0.05) is 70.1 Å². The highest BCUT2D eigenvalue weighted by Gasteiger charge is 2.49. The first kappa shape index (κ1) is 25.1. The van der Waals surface area contributed by atoms with Crippen molar-refractivity contribution in [1.29, 1.82) is 0 Å². The van der Waals surface area contributed by atoms with Crippen molar-refractivity contribution in [2.24, 2.45) is 11.3 Å². The molecule has 0 saturated carbocycles. The Morgan fingerprint density at radius 2 is 1.72 bits per heavy atom. The Kier molecular flexibility index (Phi) is 10.9. The van der Waals surface area contributed by atoms with E-state index in [2.05, 4.69) is 6.92 Å². The molecule has 0 radical (unpaired) electrons. The Morgan fingerprint density at radius 1 is 0.969 bits per heavy atom. The maximum atomic E-state index is 13.5. The molecule has 2 aliphatic rings. The van der Waals surface area contributed by atoms with Crippen LogP contribution in [0.2, 0.25) is 0 Å². The Hall–Kier alpha value is -1.55. The second kappa shape index (κ2) is 13.9. The number of carbonyl (C=O) groups excluding carboxylic acids is 1. The van der Waals surface area contributed by atoms with Gasteiger partial charge < -0.3 is 14.2 Å². The molecule has 2 saturated heterocycles. The summed E-state index contributed by atoms with van der Waals surface area (Å²) in [5.41, 5.74) is -0.484. The third-order valence-electron chi connectivity index (χ3n) is 7.45. The minimum atomic E-state index is -0.484. The summed E-state index contributed by atoms with van der Waals surface area (Å²) >= 11 is 0. The van der Waals surface area contributed by atoms with Gasteiger partial charge in [-0.05, 0) is 63.0 Å². The van der Waals surface area contributed by atoms with Crippen LogP contribution < -0.4 is 4.74 Å². The lowest BCUT2D eigenvalue weighted by Gasteiger charge is -2.39. The number of hydrogen-bond donors (Lipinski definition) is 0. The van der Waals surface area contributed by atoms with Crippen LogP contribution in [0.3, 0.4) is 0 Å². The average molecular weight is 445 g/mol. The highest BCUT2D eigenvalue weighted by Crippen LogP contribution is 2.46. The fourth-order valence-electron chi connectivity index (χ4n) is 5.59. The number of rotatable bonds is 14. The lowest BCUT2D eigenvalue weighted by molar-refractivity contribution is -0.161. The molecule has 0 N–H and O–H groups in total. The zero-order valence-electron chi connectivity index (χ0n) is 20.2. The van der Waals surface area contributed by atoms with Crippen LogP contribution in [0, 0.1) is 11.3 Å². The molecule has 2 fully saturated rings. The van der Waals surface area contributed by atoms with E-state index in [9.17, 15) is 4.79 Å². The molecule has 0 amide bonds. The molecule has 2 heterocycles. The first-order chi connectivity index (χ1) is 15.7. The van der Waals surface area contributed by atoms with Crippen LogP contribution in [0.5, 0.6) is 5.75 Å². The molecule has 2 aliphatic heterocycles. The molecule has 3 unspecified atom stereocenters. The second-order valence-electron chi connectivity index (χ2n) is 9.79. The Labute approximate surface area is 195 Å². The molecule has 4 nitrogen and oxygen atoms in total. The molecule has 4 heteroatoms. The van der Waals surface area contributed by atoms with Crippen molar-refractivity contribution in [3.8, 4) is 5.75 Å². The third-order valence-corrected chi connectivity index (χ3v) is 7.45. The minimum absolute atomic E-state index is 0.00453. The largest absolute Gasteiger partial charge is 0.494 e. The van der Waals surface area contributed by atoms with E-state index in [0.29, 0.717) is 25.6 Å². The first-order valence-electron chi connectivity index (χ1n) is 13.2. The minimum Gasteiger partial charge on any atom is -0.494 e. The second-order valence-corrected chi connectivity index (χ2v) is 9.79. The summed E-state index contributed by atoms with van der Waals surface area (Å²) in [6, 6.07) is 9.93. The molecule has 0 aliphatic carbocycles. The normalized spacial score (nSPS) is 26.0. The van der Waals surface area contributed by atoms with Crippen molar-refractivity contribution in [3.63, 3.8) is 0 Å². The molecule has 32 heavy (non-hydrogen) atoms. The van der Waals surface area contributed by atoms with Gasteiger partial charge in [-0.15, -0.1) is 0 Å². The monoisotopic (exact) mass is 444 g/mol. The molecule has 1 aromatic rings. The van der Waals surface area contributed by atoms with Gasteiger partial charge in [-0.2, -0.15) is 0 Å². The molecular weight excluding hydrogens is 400 g/mol. The molecule has 0 bridgehead atoms. The smallest absolute Gasteiger partial charge is 0.312 e. The zero-order chi connectivity index (χ0) is 22.5. The van der Waals surface area contributed by atoms with Crippen LogP contribution >= 0.6 is 0 Å². The molecule has 1 aromatic carbocycles. The third kappa shape index (κ3) is 7.50. The fourth-order valence-corrected chi connectivity index (χ4v) is 5.59. The van der Waals surface area contributed by atoms with E-state index in [0.717, 1.165) is 50.9 Å². The van der Waals surface area contributed by atoms with Crippen LogP contribution in [0.4, 0.5) is 0 Å². The SMILES string of the molecule is CCCCCCCCCC1CCCOC(=O)C1(CCOc1ccccc1)CC1CCCO1. The van der Waals surface area contributed by atoms with E-state index in [1.54, 1.807) is 0 Å². The molecule has 0 aromatic heterocycles. The van der Waals surface area contributed by atoms with Crippen LogP contribution in [0.25, 0.3) is 0 Å². The van der Waals surface area contributed by atoms with Gasteiger partial charge in [0, 0.05) is 6.61 Å². The number of para-hydroxylation sites is 1. The van der Waals surface area contributed by atoms with E-state index in [1.165, 1.54) is 44.9 Å². The average Bonchev–Trinajstić information content (AvgIpc) is 3.27. The topological polar surface area (TPSA) is 44.8 Å². The summed E-state index contributed by atoms with van der Waals surface area (Å²) in [6.07, 6.45) is 16.1. The van der Waals surface area contributed by atoms with Crippen molar-refractivity contribution < 1.29 is 19.0 Å².